The normalized spacial score (nSPS) is 11.3. The predicted molar refractivity (Wildman–Crippen MR) is 72.6 cm³/mol. The first kappa shape index (κ1) is 16.3. The van der Waals surface area contributed by atoms with Gasteiger partial charge in [0.25, 0.3) is 0 Å². The molecule has 0 aliphatic rings. The first-order valence-corrected chi connectivity index (χ1v) is 8.58. The molecule has 0 bridgehead atoms. The maximum Gasteiger partial charge on any atom is 0.116 e. The fourth-order valence-electron chi connectivity index (χ4n) is 1.84. The Morgan fingerprint density at radius 3 is 1.94 bits per heavy atom. The van der Waals surface area contributed by atoms with Crippen molar-refractivity contribution < 1.29 is 24.0 Å². The van der Waals surface area contributed by atoms with Gasteiger partial charge in [-0.1, -0.05) is 32.0 Å². The van der Waals surface area contributed by atoms with Crippen molar-refractivity contribution in [3.05, 3.63) is 30.3 Å². The van der Waals surface area contributed by atoms with Crippen LogP contribution in [0.25, 0.3) is 0 Å². The highest BCUT2D eigenvalue weighted by Crippen LogP contribution is 2.49. The van der Waals surface area contributed by atoms with Crippen LogP contribution in [0.15, 0.2) is 30.3 Å². The van der Waals surface area contributed by atoms with Crippen LogP contribution >= 0.6 is 7.26 Å². The third kappa shape index (κ3) is 4.68. The number of benzene rings is 1. The van der Waals surface area contributed by atoms with Crippen molar-refractivity contribution in [1.82, 2.24) is 4.90 Å². The summed E-state index contributed by atoms with van der Waals surface area (Å²) in [6.45, 7) is 11.7. The van der Waals surface area contributed by atoms with Gasteiger partial charge in [0, 0.05) is 0 Å². The van der Waals surface area contributed by atoms with E-state index in [0.29, 0.717) is 0 Å². The average molecular weight is 351 g/mol. The lowest BCUT2D eigenvalue weighted by atomic mass is 10.4. The van der Waals surface area contributed by atoms with Crippen molar-refractivity contribution in [1.29, 1.82) is 0 Å². The lowest BCUT2D eigenvalue weighted by Gasteiger charge is -2.25. The summed E-state index contributed by atoms with van der Waals surface area (Å²) >= 11 is 0. The van der Waals surface area contributed by atoms with E-state index in [1.807, 2.05) is 0 Å². The molecule has 0 spiro atoms. The molecule has 0 heterocycles. The minimum Gasteiger partial charge on any atom is -1.00 e. The fraction of sp³-hybridized carbons (Fsp3) is 0.538. The molecule has 0 saturated heterocycles. The second kappa shape index (κ2) is 7.62. The fourth-order valence-corrected chi connectivity index (χ4v) is 4.38. The van der Waals surface area contributed by atoms with Gasteiger partial charge in [0.05, 0.1) is 25.9 Å². The van der Waals surface area contributed by atoms with E-state index in [4.69, 9.17) is 0 Å². The van der Waals surface area contributed by atoms with Crippen LogP contribution in [0, 0.1) is 0 Å². The smallest absolute Gasteiger partial charge is 0.116 e. The maximum absolute atomic E-state index is 2.53. The number of hydrogen-bond donors (Lipinski definition) is 0. The maximum atomic E-state index is 2.53. The molecule has 0 unspecified atom stereocenters. The average Bonchev–Trinajstić information content (AvgIpc) is 2.27. The highest BCUT2D eigenvalue weighted by Gasteiger charge is 2.29. The monoisotopic (exact) mass is 351 g/mol. The SMILES string of the molecule is CCN(CC)C[P+](C)(C)c1ccccc1.[I-]. The third-order valence-corrected chi connectivity index (χ3v) is 5.71. The van der Waals surface area contributed by atoms with Gasteiger partial charge in [0.1, 0.15) is 6.29 Å². The summed E-state index contributed by atoms with van der Waals surface area (Å²) in [7, 11) is -0.958. The molecule has 0 aliphatic carbocycles. The van der Waals surface area contributed by atoms with E-state index in [0.717, 1.165) is 13.1 Å². The van der Waals surface area contributed by atoms with Crippen LogP contribution in [-0.2, 0) is 0 Å². The Morgan fingerprint density at radius 1 is 1.00 bits per heavy atom. The summed E-state index contributed by atoms with van der Waals surface area (Å²) in [5.41, 5.74) is 0. The van der Waals surface area contributed by atoms with Gasteiger partial charge < -0.3 is 24.0 Å². The first-order chi connectivity index (χ1) is 7.10. The van der Waals surface area contributed by atoms with Crippen molar-refractivity contribution in [2.75, 3.05) is 32.7 Å². The molecule has 1 rings (SSSR count). The van der Waals surface area contributed by atoms with Gasteiger partial charge in [-0.05, 0) is 25.2 Å². The van der Waals surface area contributed by atoms with Gasteiger partial charge in [0.15, 0.2) is 0 Å². The lowest BCUT2D eigenvalue weighted by Crippen LogP contribution is -3.00. The first-order valence-electron chi connectivity index (χ1n) is 5.71. The van der Waals surface area contributed by atoms with E-state index in [9.17, 15) is 0 Å². The van der Waals surface area contributed by atoms with Crippen LogP contribution in [0.2, 0.25) is 0 Å². The zero-order valence-electron chi connectivity index (χ0n) is 10.8. The van der Waals surface area contributed by atoms with Crippen LogP contribution in [0.3, 0.4) is 0 Å². The molecule has 92 valence electrons. The Kier molecular flexibility index (Phi) is 7.79. The van der Waals surface area contributed by atoms with Crippen LogP contribution < -0.4 is 29.3 Å². The minimum absolute atomic E-state index is 0. The van der Waals surface area contributed by atoms with Crippen LogP contribution in [0.4, 0.5) is 0 Å². The molecular weight excluding hydrogens is 328 g/mol. The van der Waals surface area contributed by atoms with Crippen molar-refractivity contribution >= 4 is 12.6 Å². The molecule has 0 radical (unpaired) electrons. The zero-order chi connectivity index (χ0) is 11.3. The molecule has 3 heteroatoms. The summed E-state index contributed by atoms with van der Waals surface area (Å²) < 4.78 is 0. The topological polar surface area (TPSA) is 3.24 Å². The quantitative estimate of drug-likeness (QED) is 0.529. The van der Waals surface area contributed by atoms with Gasteiger partial charge in [0.2, 0.25) is 0 Å². The van der Waals surface area contributed by atoms with Crippen molar-refractivity contribution in [2.24, 2.45) is 0 Å². The molecule has 0 fully saturated rings. The number of rotatable bonds is 5. The van der Waals surface area contributed by atoms with E-state index in [1.54, 1.807) is 0 Å². The van der Waals surface area contributed by atoms with E-state index in [2.05, 4.69) is 62.4 Å². The van der Waals surface area contributed by atoms with Gasteiger partial charge >= 0.3 is 0 Å². The minimum atomic E-state index is -0.958. The molecule has 0 amide bonds. The molecule has 1 aromatic rings. The molecule has 0 saturated carbocycles. The summed E-state index contributed by atoms with van der Waals surface area (Å²) in [5.74, 6) is 0. The summed E-state index contributed by atoms with van der Waals surface area (Å²) in [4.78, 5) is 2.53. The second-order valence-electron chi connectivity index (χ2n) is 4.47. The molecule has 0 N–H and O–H groups in total. The Labute approximate surface area is 118 Å². The molecule has 0 aliphatic heterocycles. The van der Waals surface area contributed by atoms with Crippen molar-refractivity contribution in [3.63, 3.8) is 0 Å². The summed E-state index contributed by atoms with van der Waals surface area (Å²) in [6.07, 6.45) is 1.24. The Hall–Kier alpha value is 0.340. The highest BCUT2D eigenvalue weighted by atomic mass is 127. The van der Waals surface area contributed by atoms with E-state index in [-0.39, 0.29) is 24.0 Å². The second-order valence-corrected chi connectivity index (χ2v) is 8.63. The van der Waals surface area contributed by atoms with Gasteiger partial charge in [-0.2, -0.15) is 0 Å². The van der Waals surface area contributed by atoms with E-state index >= 15 is 0 Å². The number of hydrogen-bond acceptors (Lipinski definition) is 1. The van der Waals surface area contributed by atoms with Crippen molar-refractivity contribution in [2.45, 2.75) is 13.8 Å². The third-order valence-electron chi connectivity index (χ3n) is 2.90. The van der Waals surface area contributed by atoms with Crippen molar-refractivity contribution in [3.8, 4) is 0 Å². The molecule has 1 nitrogen and oxygen atoms in total. The number of halogens is 1. The van der Waals surface area contributed by atoms with Gasteiger partial charge in [-0.25, -0.2) is 0 Å². The van der Waals surface area contributed by atoms with Crippen LogP contribution in [0.1, 0.15) is 13.8 Å². The molecule has 1 aromatic carbocycles. The van der Waals surface area contributed by atoms with E-state index in [1.165, 1.54) is 11.6 Å². The Balaban J connectivity index is 0.00000225. The predicted octanol–water partition coefficient (Wildman–Crippen LogP) is -0.108. The van der Waals surface area contributed by atoms with Gasteiger partial charge in [-0.3, -0.25) is 4.90 Å². The Morgan fingerprint density at radius 2 is 1.50 bits per heavy atom. The Bertz CT molecular complexity index is 283. The molecule has 0 aromatic heterocycles. The van der Waals surface area contributed by atoms with Crippen LogP contribution in [-0.4, -0.2) is 37.6 Å². The summed E-state index contributed by atoms with van der Waals surface area (Å²) in [5, 5.41) is 1.54. The molecule has 0 atom stereocenters. The lowest BCUT2D eigenvalue weighted by molar-refractivity contribution is -0.00000340. The molecule has 16 heavy (non-hydrogen) atoms. The standard InChI is InChI=1S/C13H23NP.HI/c1-5-14(6-2)12-15(3,4)13-10-8-7-9-11-13;/h7-11H,5-6,12H2,1-4H3;1H/q+1;/p-1. The highest BCUT2D eigenvalue weighted by molar-refractivity contribution is 7.81. The molecular formula is C13H23INP. The number of nitrogens with zero attached hydrogens (tertiary/aromatic N) is 1. The van der Waals surface area contributed by atoms with Gasteiger partial charge in [-0.15, -0.1) is 0 Å². The largest absolute Gasteiger partial charge is 1.00 e. The summed E-state index contributed by atoms with van der Waals surface area (Å²) in [6, 6.07) is 11.0. The van der Waals surface area contributed by atoms with Crippen LogP contribution in [0.5, 0.6) is 0 Å². The van der Waals surface area contributed by atoms with E-state index < -0.39 is 7.26 Å². The zero-order valence-corrected chi connectivity index (χ0v) is 13.8.